The number of aryl methyl sites for hydroxylation is 1. The normalized spacial score (nSPS) is 10.9. The van der Waals surface area contributed by atoms with Gasteiger partial charge in [0.25, 0.3) is 5.91 Å². The van der Waals surface area contributed by atoms with Gasteiger partial charge in [-0.3, -0.25) is 9.78 Å². The quantitative estimate of drug-likeness (QED) is 0.713. The van der Waals surface area contributed by atoms with Crippen molar-refractivity contribution in [3.05, 3.63) is 53.6 Å². The van der Waals surface area contributed by atoms with E-state index in [1.807, 2.05) is 26.1 Å². The molecule has 0 N–H and O–H groups in total. The topological polar surface area (TPSA) is 36.4 Å². The molecule has 0 saturated heterocycles. The van der Waals surface area contributed by atoms with Gasteiger partial charge in [-0.1, -0.05) is 13.8 Å². The fourth-order valence-electron chi connectivity index (χ4n) is 2.89. The Labute approximate surface area is 155 Å². The maximum atomic E-state index is 14.0. The minimum Gasteiger partial charge on any atom is -0.339 e. The third-order valence-corrected chi connectivity index (χ3v) is 4.58. The molecule has 0 aliphatic heterocycles. The lowest BCUT2D eigenvalue weighted by Crippen LogP contribution is -2.34. The maximum Gasteiger partial charge on any atom is 0.256 e. The molecule has 140 valence electrons. The molecule has 1 aromatic carbocycles. The van der Waals surface area contributed by atoms with Crippen molar-refractivity contribution in [2.24, 2.45) is 0 Å². The lowest BCUT2D eigenvalue weighted by Gasteiger charge is -2.30. The molecule has 0 atom stereocenters. The van der Waals surface area contributed by atoms with Crippen LogP contribution in [0.4, 0.5) is 15.8 Å². The van der Waals surface area contributed by atoms with E-state index in [9.17, 15) is 9.18 Å². The lowest BCUT2D eigenvalue weighted by atomic mass is 10.1. The number of carbonyl (C=O) groups excluding carboxylic acids is 1. The first kappa shape index (κ1) is 19.9. The summed E-state index contributed by atoms with van der Waals surface area (Å²) in [5.41, 5.74) is 3.20. The van der Waals surface area contributed by atoms with Crippen molar-refractivity contribution in [1.82, 2.24) is 9.88 Å². The van der Waals surface area contributed by atoms with E-state index in [4.69, 9.17) is 0 Å². The Hall–Kier alpha value is -2.43. The van der Waals surface area contributed by atoms with Crippen LogP contribution in [0.1, 0.15) is 50.0 Å². The first-order valence-corrected chi connectivity index (χ1v) is 9.17. The number of anilines is 2. The fourth-order valence-corrected chi connectivity index (χ4v) is 2.89. The Morgan fingerprint density at radius 2 is 1.92 bits per heavy atom. The van der Waals surface area contributed by atoms with E-state index in [1.54, 1.807) is 24.2 Å². The van der Waals surface area contributed by atoms with Gasteiger partial charge in [0, 0.05) is 25.8 Å². The third-order valence-electron chi connectivity index (χ3n) is 4.58. The van der Waals surface area contributed by atoms with Gasteiger partial charge in [-0.05, 0) is 56.5 Å². The predicted octanol–water partition coefficient (Wildman–Crippen LogP) is 4.81. The zero-order valence-electron chi connectivity index (χ0n) is 16.3. The number of hydrogen-bond donors (Lipinski definition) is 0. The summed E-state index contributed by atoms with van der Waals surface area (Å²) < 4.78 is 14.0. The van der Waals surface area contributed by atoms with Crippen LogP contribution in [0.25, 0.3) is 0 Å². The van der Waals surface area contributed by atoms with Gasteiger partial charge in [-0.2, -0.15) is 0 Å². The van der Waals surface area contributed by atoms with Crippen molar-refractivity contribution in [3.8, 4) is 0 Å². The number of aromatic nitrogens is 1. The highest BCUT2D eigenvalue weighted by Gasteiger charge is 2.23. The van der Waals surface area contributed by atoms with E-state index in [0.717, 1.165) is 30.6 Å². The largest absolute Gasteiger partial charge is 0.339 e. The van der Waals surface area contributed by atoms with Gasteiger partial charge in [-0.25, -0.2) is 4.39 Å². The van der Waals surface area contributed by atoms with E-state index >= 15 is 0 Å². The number of nitrogens with zero attached hydrogens (tertiary/aromatic N) is 3. The number of rotatable bonds is 7. The second-order valence-corrected chi connectivity index (χ2v) is 6.68. The number of benzene rings is 1. The first-order valence-electron chi connectivity index (χ1n) is 9.17. The summed E-state index contributed by atoms with van der Waals surface area (Å²) in [7, 11) is 1.74. The summed E-state index contributed by atoms with van der Waals surface area (Å²) in [5.74, 6) is -0.592. The van der Waals surface area contributed by atoms with Crippen molar-refractivity contribution in [3.63, 3.8) is 0 Å². The summed E-state index contributed by atoms with van der Waals surface area (Å²) >= 11 is 0. The van der Waals surface area contributed by atoms with Crippen LogP contribution in [-0.4, -0.2) is 35.4 Å². The van der Waals surface area contributed by atoms with Crippen LogP contribution in [0.5, 0.6) is 0 Å². The van der Waals surface area contributed by atoms with Crippen LogP contribution < -0.4 is 4.90 Å². The van der Waals surface area contributed by atoms with Crippen LogP contribution >= 0.6 is 0 Å². The van der Waals surface area contributed by atoms with E-state index in [0.29, 0.717) is 11.3 Å². The van der Waals surface area contributed by atoms with Gasteiger partial charge < -0.3 is 9.80 Å². The molecule has 0 saturated carbocycles. The first-order chi connectivity index (χ1) is 12.4. The summed E-state index contributed by atoms with van der Waals surface area (Å²) in [5, 5.41) is 0. The molecule has 1 amide bonds. The highest BCUT2D eigenvalue weighted by Crippen LogP contribution is 2.32. The minimum atomic E-state index is -0.410. The zero-order valence-corrected chi connectivity index (χ0v) is 16.3. The molecule has 0 spiro atoms. The highest BCUT2D eigenvalue weighted by molar-refractivity contribution is 6.00. The molecule has 0 bridgehead atoms. The van der Waals surface area contributed by atoms with Gasteiger partial charge in [0.15, 0.2) is 0 Å². The Morgan fingerprint density at radius 1 is 1.19 bits per heavy atom. The van der Waals surface area contributed by atoms with Crippen LogP contribution in [0.3, 0.4) is 0 Å². The second-order valence-electron chi connectivity index (χ2n) is 6.68. The van der Waals surface area contributed by atoms with Crippen LogP contribution in [0.15, 0.2) is 36.7 Å². The lowest BCUT2D eigenvalue weighted by molar-refractivity contribution is 0.0755. The SMILES string of the molecule is CCCN(c1cnccc1CC)c1ccc(F)cc1C(=O)N(C)C(C)C. The van der Waals surface area contributed by atoms with E-state index in [2.05, 4.69) is 23.7 Å². The second kappa shape index (κ2) is 8.79. The number of hydrogen-bond acceptors (Lipinski definition) is 3. The molecular weight excluding hydrogens is 329 g/mol. The van der Waals surface area contributed by atoms with Crippen molar-refractivity contribution >= 4 is 17.3 Å². The third kappa shape index (κ3) is 4.21. The smallest absolute Gasteiger partial charge is 0.256 e. The van der Waals surface area contributed by atoms with Gasteiger partial charge in [-0.15, -0.1) is 0 Å². The molecule has 0 radical (unpaired) electrons. The molecule has 26 heavy (non-hydrogen) atoms. The molecule has 0 aliphatic carbocycles. The van der Waals surface area contributed by atoms with E-state index in [-0.39, 0.29) is 11.9 Å². The highest BCUT2D eigenvalue weighted by atomic mass is 19.1. The Balaban J connectivity index is 2.61. The maximum absolute atomic E-state index is 14.0. The van der Waals surface area contributed by atoms with Gasteiger partial charge >= 0.3 is 0 Å². The van der Waals surface area contributed by atoms with Crippen molar-refractivity contribution in [1.29, 1.82) is 0 Å². The van der Waals surface area contributed by atoms with Gasteiger partial charge in [0.05, 0.1) is 23.1 Å². The standard InChI is InChI=1S/C21H28FN3O/c1-6-12-25(20-14-23-11-10-16(20)7-2)19-9-8-17(22)13-18(19)21(26)24(5)15(3)4/h8-11,13-15H,6-7,12H2,1-5H3. The molecule has 0 unspecified atom stereocenters. The molecule has 2 rings (SSSR count). The molecule has 1 aromatic heterocycles. The average molecular weight is 357 g/mol. The summed E-state index contributed by atoms with van der Waals surface area (Å²) in [4.78, 5) is 20.9. The predicted molar refractivity (Wildman–Crippen MR) is 105 cm³/mol. The summed E-state index contributed by atoms with van der Waals surface area (Å²) in [6.07, 6.45) is 5.34. The molecule has 0 fully saturated rings. The Morgan fingerprint density at radius 3 is 2.54 bits per heavy atom. The van der Waals surface area contributed by atoms with Gasteiger partial charge in [0.1, 0.15) is 5.82 Å². The monoisotopic (exact) mass is 357 g/mol. The van der Waals surface area contributed by atoms with Gasteiger partial charge in [0.2, 0.25) is 0 Å². The molecule has 0 aliphatic rings. The van der Waals surface area contributed by atoms with Crippen molar-refractivity contribution in [2.45, 2.75) is 46.6 Å². The van der Waals surface area contributed by atoms with Crippen LogP contribution in [-0.2, 0) is 6.42 Å². The van der Waals surface area contributed by atoms with E-state index < -0.39 is 5.82 Å². The van der Waals surface area contributed by atoms with Crippen LogP contribution in [0, 0.1) is 5.82 Å². The number of amides is 1. The van der Waals surface area contributed by atoms with Crippen molar-refractivity contribution < 1.29 is 9.18 Å². The summed E-state index contributed by atoms with van der Waals surface area (Å²) in [6, 6.07) is 6.46. The Kier molecular flexibility index (Phi) is 6.72. The van der Waals surface area contributed by atoms with E-state index in [1.165, 1.54) is 12.1 Å². The zero-order chi connectivity index (χ0) is 19.3. The molecule has 5 heteroatoms. The number of pyridine rings is 1. The molecule has 1 heterocycles. The van der Waals surface area contributed by atoms with Crippen molar-refractivity contribution in [2.75, 3.05) is 18.5 Å². The summed E-state index contributed by atoms with van der Waals surface area (Å²) in [6.45, 7) is 8.77. The average Bonchev–Trinajstić information content (AvgIpc) is 2.65. The number of halogens is 1. The Bertz CT molecular complexity index is 761. The molecule has 4 nitrogen and oxygen atoms in total. The molecular formula is C21H28FN3O. The number of carbonyl (C=O) groups is 1. The van der Waals surface area contributed by atoms with Crippen LogP contribution in [0.2, 0.25) is 0 Å². The minimum absolute atomic E-state index is 0.0304. The fraction of sp³-hybridized carbons (Fsp3) is 0.429. The molecule has 2 aromatic rings.